The van der Waals surface area contributed by atoms with Gasteiger partial charge < -0.3 is 24.8 Å². The van der Waals surface area contributed by atoms with Gasteiger partial charge in [-0.15, -0.1) is 24.0 Å². The average Bonchev–Trinajstić information content (AvgIpc) is 2.67. The van der Waals surface area contributed by atoms with Gasteiger partial charge in [-0.1, -0.05) is 29.8 Å². The monoisotopic (exact) mass is 485 g/mol. The molecular formula is C20H28IN3O3. The Kier molecular flexibility index (Phi) is 9.77. The summed E-state index contributed by atoms with van der Waals surface area (Å²) in [4.78, 5) is 4.27. The van der Waals surface area contributed by atoms with E-state index in [0.717, 1.165) is 11.5 Å². The van der Waals surface area contributed by atoms with Crippen molar-refractivity contribution in [3.63, 3.8) is 0 Å². The van der Waals surface area contributed by atoms with E-state index in [0.29, 0.717) is 30.3 Å². The molecule has 0 spiro atoms. The molecule has 0 heterocycles. The van der Waals surface area contributed by atoms with E-state index < -0.39 is 0 Å². The lowest BCUT2D eigenvalue weighted by atomic mass is 10.1. The number of rotatable bonds is 7. The van der Waals surface area contributed by atoms with Gasteiger partial charge in [0.2, 0.25) is 5.75 Å². The third-order valence-electron chi connectivity index (χ3n) is 3.95. The van der Waals surface area contributed by atoms with Gasteiger partial charge in [-0.3, -0.25) is 4.99 Å². The Hall–Kier alpha value is -2.16. The van der Waals surface area contributed by atoms with E-state index in [2.05, 4.69) is 46.8 Å². The molecule has 148 valence electrons. The molecule has 2 aromatic rings. The normalized spacial score (nSPS) is 10.6. The van der Waals surface area contributed by atoms with E-state index in [1.54, 1.807) is 28.4 Å². The van der Waals surface area contributed by atoms with Crippen LogP contribution < -0.4 is 24.8 Å². The molecular weight excluding hydrogens is 457 g/mol. The smallest absolute Gasteiger partial charge is 0.203 e. The number of halogens is 1. The number of nitrogens with one attached hydrogen (secondary N) is 2. The van der Waals surface area contributed by atoms with E-state index >= 15 is 0 Å². The van der Waals surface area contributed by atoms with Crippen molar-refractivity contribution in [1.29, 1.82) is 0 Å². The molecule has 7 heteroatoms. The molecule has 0 radical (unpaired) electrons. The minimum Gasteiger partial charge on any atom is -0.493 e. The predicted molar refractivity (Wildman–Crippen MR) is 120 cm³/mol. The Morgan fingerprint density at radius 3 is 1.96 bits per heavy atom. The van der Waals surface area contributed by atoms with Gasteiger partial charge in [0.05, 0.1) is 21.3 Å². The number of aryl methyl sites for hydroxylation is 1. The van der Waals surface area contributed by atoms with Crippen molar-refractivity contribution < 1.29 is 14.2 Å². The first-order valence-corrected chi connectivity index (χ1v) is 8.40. The first-order chi connectivity index (χ1) is 12.6. The zero-order valence-electron chi connectivity index (χ0n) is 16.5. The highest BCUT2D eigenvalue weighted by molar-refractivity contribution is 14.0. The lowest BCUT2D eigenvalue weighted by Gasteiger charge is -2.16. The van der Waals surface area contributed by atoms with Crippen LogP contribution in [0.25, 0.3) is 0 Å². The minimum absolute atomic E-state index is 0. The molecule has 2 N–H and O–H groups in total. The van der Waals surface area contributed by atoms with Gasteiger partial charge in [0.25, 0.3) is 0 Å². The number of ether oxygens (including phenoxy) is 3. The molecule has 0 aliphatic carbocycles. The van der Waals surface area contributed by atoms with Gasteiger partial charge in [-0.2, -0.15) is 0 Å². The second-order valence-electron chi connectivity index (χ2n) is 5.80. The summed E-state index contributed by atoms with van der Waals surface area (Å²) in [6.07, 6.45) is 0. The van der Waals surface area contributed by atoms with Crippen LogP contribution in [0.2, 0.25) is 0 Å². The molecule has 27 heavy (non-hydrogen) atoms. The van der Waals surface area contributed by atoms with Crippen molar-refractivity contribution in [2.24, 2.45) is 4.99 Å². The fourth-order valence-electron chi connectivity index (χ4n) is 2.65. The highest BCUT2D eigenvalue weighted by Gasteiger charge is 2.13. The van der Waals surface area contributed by atoms with Crippen LogP contribution in [0.1, 0.15) is 16.7 Å². The molecule has 2 aromatic carbocycles. The Morgan fingerprint density at radius 1 is 0.889 bits per heavy atom. The van der Waals surface area contributed by atoms with Gasteiger partial charge in [0.1, 0.15) is 0 Å². The molecule has 0 atom stereocenters. The van der Waals surface area contributed by atoms with Gasteiger partial charge >= 0.3 is 0 Å². The van der Waals surface area contributed by atoms with Crippen LogP contribution in [-0.2, 0) is 13.1 Å². The minimum atomic E-state index is 0. The third-order valence-corrected chi connectivity index (χ3v) is 3.95. The van der Waals surface area contributed by atoms with E-state index in [9.17, 15) is 0 Å². The Labute approximate surface area is 178 Å². The Balaban J connectivity index is 0.00000364. The van der Waals surface area contributed by atoms with Crippen LogP contribution in [0, 0.1) is 6.92 Å². The first-order valence-electron chi connectivity index (χ1n) is 8.40. The zero-order chi connectivity index (χ0) is 18.9. The summed E-state index contributed by atoms with van der Waals surface area (Å²) in [6, 6.07) is 12.2. The van der Waals surface area contributed by atoms with Gasteiger partial charge in [-0.25, -0.2) is 0 Å². The number of benzene rings is 2. The second-order valence-corrected chi connectivity index (χ2v) is 5.80. The molecule has 0 bridgehead atoms. The topological polar surface area (TPSA) is 64.1 Å². The second kappa shape index (κ2) is 11.5. The predicted octanol–water partition coefficient (Wildman–Crippen LogP) is 3.50. The molecule has 0 amide bonds. The number of hydrogen-bond donors (Lipinski definition) is 2. The van der Waals surface area contributed by atoms with Crippen LogP contribution in [0.5, 0.6) is 17.2 Å². The fourth-order valence-corrected chi connectivity index (χ4v) is 2.65. The lowest BCUT2D eigenvalue weighted by molar-refractivity contribution is 0.323. The van der Waals surface area contributed by atoms with Crippen molar-refractivity contribution in [2.75, 3.05) is 28.4 Å². The van der Waals surface area contributed by atoms with Crippen molar-refractivity contribution in [3.05, 3.63) is 53.1 Å². The molecule has 2 rings (SSSR count). The van der Waals surface area contributed by atoms with Gasteiger partial charge in [0, 0.05) is 20.1 Å². The maximum absolute atomic E-state index is 5.39. The summed E-state index contributed by atoms with van der Waals surface area (Å²) < 4.78 is 16.1. The van der Waals surface area contributed by atoms with Gasteiger partial charge in [-0.05, 0) is 30.2 Å². The number of guanidine groups is 1. The Morgan fingerprint density at radius 2 is 1.48 bits per heavy atom. The molecule has 0 saturated carbocycles. The SMILES string of the molecule is CN=C(NCc1cccc(C)c1)NCc1cc(OC)c(OC)c(OC)c1.I. The van der Waals surface area contributed by atoms with Crippen molar-refractivity contribution in [3.8, 4) is 17.2 Å². The van der Waals surface area contributed by atoms with E-state index in [1.165, 1.54) is 11.1 Å². The molecule has 0 aromatic heterocycles. The molecule has 0 aliphatic rings. The highest BCUT2D eigenvalue weighted by atomic mass is 127. The van der Waals surface area contributed by atoms with Crippen molar-refractivity contribution in [2.45, 2.75) is 20.0 Å². The summed E-state index contributed by atoms with van der Waals surface area (Å²) >= 11 is 0. The third kappa shape index (κ3) is 6.50. The van der Waals surface area contributed by atoms with Crippen LogP contribution in [-0.4, -0.2) is 34.3 Å². The number of aliphatic imine (C=N–C) groups is 1. The van der Waals surface area contributed by atoms with Crippen molar-refractivity contribution in [1.82, 2.24) is 10.6 Å². The average molecular weight is 485 g/mol. The Bertz CT molecular complexity index is 741. The zero-order valence-corrected chi connectivity index (χ0v) is 18.8. The number of nitrogens with zero attached hydrogens (tertiary/aromatic N) is 1. The molecule has 0 aliphatic heterocycles. The molecule has 6 nitrogen and oxygen atoms in total. The summed E-state index contributed by atoms with van der Waals surface area (Å²) in [5, 5.41) is 6.61. The van der Waals surface area contributed by atoms with Crippen LogP contribution >= 0.6 is 24.0 Å². The lowest BCUT2D eigenvalue weighted by Crippen LogP contribution is -2.36. The summed E-state index contributed by atoms with van der Waals surface area (Å²) in [6.45, 7) is 3.36. The summed E-state index contributed by atoms with van der Waals surface area (Å²) in [5.41, 5.74) is 3.45. The number of methoxy groups -OCH3 is 3. The summed E-state index contributed by atoms with van der Waals surface area (Å²) in [5.74, 6) is 2.57. The molecule has 0 fully saturated rings. The largest absolute Gasteiger partial charge is 0.493 e. The maximum atomic E-state index is 5.39. The van der Waals surface area contributed by atoms with Crippen LogP contribution in [0.4, 0.5) is 0 Å². The van der Waals surface area contributed by atoms with E-state index in [-0.39, 0.29) is 24.0 Å². The fraction of sp³-hybridized carbons (Fsp3) is 0.350. The quantitative estimate of drug-likeness (QED) is 0.357. The van der Waals surface area contributed by atoms with Crippen molar-refractivity contribution >= 4 is 29.9 Å². The maximum Gasteiger partial charge on any atom is 0.203 e. The van der Waals surface area contributed by atoms with Crippen LogP contribution in [0.3, 0.4) is 0 Å². The molecule has 0 saturated heterocycles. The molecule has 0 unspecified atom stereocenters. The number of hydrogen-bond acceptors (Lipinski definition) is 4. The highest BCUT2D eigenvalue weighted by Crippen LogP contribution is 2.38. The summed E-state index contributed by atoms with van der Waals surface area (Å²) in [7, 11) is 6.56. The van der Waals surface area contributed by atoms with E-state index in [4.69, 9.17) is 14.2 Å². The van der Waals surface area contributed by atoms with E-state index in [1.807, 2.05) is 12.1 Å². The standard InChI is InChI=1S/C20H27N3O3.HI/c1-14-7-6-8-15(9-14)12-22-20(21-2)23-13-16-10-17(24-3)19(26-5)18(11-16)25-4;/h6-11H,12-13H2,1-5H3,(H2,21,22,23);1H. The van der Waals surface area contributed by atoms with Crippen LogP contribution in [0.15, 0.2) is 41.4 Å². The van der Waals surface area contributed by atoms with Gasteiger partial charge in [0.15, 0.2) is 17.5 Å². The first kappa shape index (κ1) is 22.9.